The van der Waals surface area contributed by atoms with Gasteiger partial charge in [-0.1, -0.05) is 48.5 Å². The fourth-order valence-corrected chi connectivity index (χ4v) is 3.03. The van der Waals surface area contributed by atoms with Crippen LogP contribution in [0.25, 0.3) is 0 Å². The average molecular weight is 359 g/mol. The number of nitrogens with zero attached hydrogens (tertiary/aromatic N) is 2. The summed E-state index contributed by atoms with van der Waals surface area (Å²) in [5, 5.41) is 0. The second-order valence-corrected chi connectivity index (χ2v) is 6.32. The molecule has 27 heavy (non-hydrogen) atoms. The lowest BCUT2D eigenvalue weighted by Crippen LogP contribution is -2.48. The van der Waals surface area contributed by atoms with Crippen LogP contribution in [0.4, 0.5) is 5.69 Å². The third-order valence-corrected chi connectivity index (χ3v) is 4.61. The van der Waals surface area contributed by atoms with Crippen molar-refractivity contribution >= 4 is 17.4 Å². The number of likely N-dealkylation sites (N-methyl/N-ethyl adjacent to an activating group) is 1. The summed E-state index contributed by atoms with van der Waals surface area (Å²) in [6.45, 7) is 4.43. The van der Waals surface area contributed by atoms with E-state index in [0.717, 1.165) is 5.69 Å². The fraction of sp³-hybridized carbons (Fsp3) is 0.174. The molecule has 0 saturated heterocycles. The van der Waals surface area contributed by atoms with Crippen molar-refractivity contribution in [3.8, 4) is 0 Å². The molecule has 0 aliphatic heterocycles. The van der Waals surface area contributed by atoms with E-state index in [1.807, 2.05) is 66.9 Å². The van der Waals surface area contributed by atoms with Gasteiger partial charge in [-0.15, -0.1) is 0 Å². The SMILES string of the molecule is CCN(C(=O)[C@@H](C)[n+]1ccc(C(=O)c2ccccc2)cc1)c1ccccc1. The van der Waals surface area contributed by atoms with Crippen molar-refractivity contribution in [2.75, 3.05) is 11.4 Å². The first-order chi connectivity index (χ1) is 13.1. The summed E-state index contributed by atoms with van der Waals surface area (Å²) in [5.74, 6) is -0.0166. The van der Waals surface area contributed by atoms with E-state index in [-0.39, 0.29) is 17.7 Å². The number of hydrogen-bond acceptors (Lipinski definition) is 2. The molecule has 0 radical (unpaired) electrons. The number of pyridine rings is 1. The van der Waals surface area contributed by atoms with E-state index < -0.39 is 0 Å². The predicted octanol–water partition coefficient (Wildman–Crippen LogP) is 3.82. The van der Waals surface area contributed by atoms with Gasteiger partial charge in [-0.05, 0) is 19.1 Å². The molecule has 0 aliphatic carbocycles. The number of carbonyl (C=O) groups is 2. The molecule has 0 aliphatic rings. The molecular formula is C23H23N2O2+. The summed E-state index contributed by atoms with van der Waals surface area (Å²) >= 11 is 0. The van der Waals surface area contributed by atoms with Crippen molar-refractivity contribution in [2.45, 2.75) is 19.9 Å². The summed E-state index contributed by atoms with van der Waals surface area (Å²) in [6.07, 6.45) is 3.58. The summed E-state index contributed by atoms with van der Waals surface area (Å²) in [7, 11) is 0. The van der Waals surface area contributed by atoms with Gasteiger partial charge in [0.2, 0.25) is 6.04 Å². The maximum atomic E-state index is 13.0. The molecule has 0 N–H and O–H groups in total. The third-order valence-electron chi connectivity index (χ3n) is 4.61. The predicted molar refractivity (Wildman–Crippen MR) is 106 cm³/mol. The van der Waals surface area contributed by atoms with Crippen LogP contribution in [0.15, 0.2) is 85.2 Å². The zero-order valence-corrected chi connectivity index (χ0v) is 15.6. The first-order valence-electron chi connectivity index (χ1n) is 9.08. The van der Waals surface area contributed by atoms with Crippen molar-refractivity contribution in [1.82, 2.24) is 0 Å². The topological polar surface area (TPSA) is 41.3 Å². The van der Waals surface area contributed by atoms with E-state index in [1.165, 1.54) is 0 Å². The van der Waals surface area contributed by atoms with Crippen LogP contribution in [0.3, 0.4) is 0 Å². The first kappa shape index (κ1) is 18.5. The number of carbonyl (C=O) groups excluding carboxylic acids is 2. The molecule has 0 unspecified atom stereocenters. The van der Waals surface area contributed by atoms with Gasteiger partial charge >= 0.3 is 0 Å². The molecular weight excluding hydrogens is 336 g/mol. The third kappa shape index (κ3) is 4.11. The van der Waals surface area contributed by atoms with Crippen LogP contribution >= 0.6 is 0 Å². The van der Waals surface area contributed by atoms with E-state index in [1.54, 1.807) is 41.6 Å². The van der Waals surface area contributed by atoms with Crippen LogP contribution in [0, 0.1) is 0 Å². The molecule has 3 aromatic rings. The van der Waals surface area contributed by atoms with Crippen molar-refractivity contribution < 1.29 is 14.2 Å². The lowest BCUT2D eigenvalue weighted by molar-refractivity contribution is -0.705. The second kappa shape index (κ2) is 8.41. The van der Waals surface area contributed by atoms with Gasteiger partial charge in [-0.3, -0.25) is 9.59 Å². The van der Waals surface area contributed by atoms with Crippen molar-refractivity contribution in [2.24, 2.45) is 0 Å². The molecule has 2 aromatic carbocycles. The Balaban J connectivity index is 1.78. The number of anilines is 1. The number of aromatic nitrogens is 1. The molecule has 4 nitrogen and oxygen atoms in total. The lowest BCUT2D eigenvalue weighted by Gasteiger charge is -2.22. The van der Waals surface area contributed by atoms with E-state index in [2.05, 4.69) is 0 Å². The highest BCUT2D eigenvalue weighted by atomic mass is 16.2. The van der Waals surface area contributed by atoms with Crippen LogP contribution in [0.1, 0.15) is 35.8 Å². The molecule has 3 rings (SSSR count). The van der Waals surface area contributed by atoms with Gasteiger partial charge < -0.3 is 4.90 Å². The Hall–Kier alpha value is -3.27. The normalized spacial score (nSPS) is 11.6. The van der Waals surface area contributed by atoms with Crippen molar-refractivity contribution in [1.29, 1.82) is 0 Å². The minimum absolute atomic E-state index is 0.0100. The highest BCUT2D eigenvalue weighted by Gasteiger charge is 2.27. The fourth-order valence-electron chi connectivity index (χ4n) is 3.03. The molecule has 1 heterocycles. The van der Waals surface area contributed by atoms with Gasteiger partial charge in [0.1, 0.15) is 0 Å². The van der Waals surface area contributed by atoms with Crippen molar-refractivity contribution in [3.63, 3.8) is 0 Å². The van der Waals surface area contributed by atoms with Gasteiger partial charge in [0, 0.05) is 42.4 Å². The maximum absolute atomic E-state index is 13.0. The largest absolute Gasteiger partial charge is 0.307 e. The molecule has 4 heteroatoms. The smallest absolute Gasteiger partial charge is 0.295 e. The van der Waals surface area contributed by atoms with E-state index in [0.29, 0.717) is 17.7 Å². The summed E-state index contributed by atoms with van der Waals surface area (Å²) < 4.78 is 1.83. The minimum Gasteiger partial charge on any atom is -0.307 e. The van der Waals surface area contributed by atoms with Crippen LogP contribution in [-0.4, -0.2) is 18.2 Å². The molecule has 136 valence electrons. The molecule has 0 saturated carbocycles. The number of amides is 1. The highest BCUT2D eigenvalue weighted by molar-refractivity contribution is 6.08. The van der Waals surface area contributed by atoms with Crippen LogP contribution in [-0.2, 0) is 4.79 Å². The zero-order valence-electron chi connectivity index (χ0n) is 15.6. The Labute approximate surface area is 159 Å². The number of benzene rings is 2. The molecule has 0 fully saturated rings. The Bertz CT molecular complexity index is 906. The second-order valence-electron chi connectivity index (χ2n) is 6.32. The zero-order chi connectivity index (χ0) is 19.2. The Kier molecular flexibility index (Phi) is 5.77. The van der Waals surface area contributed by atoms with Crippen molar-refractivity contribution in [3.05, 3.63) is 96.3 Å². The van der Waals surface area contributed by atoms with Crippen LogP contribution in [0.5, 0.6) is 0 Å². The van der Waals surface area contributed by atoms with Gasteiger partial charge in [0.05, 0.1) is 0 Å². The number of hydrogen-bond donors (Lipinski definition) is 0. The standard InChI is InChI=1S/C23H23N2O2/c1-3-25(21-12-8-5-9-13-21)23(27)18(2)24-16-14-20(15-17-24)22(26)19-10-6-4-7-11-19/h4-18H,3H2,1-2H3/q+1/t18-/m1/s1. The molecule has 1 atom stereocenters. The van der Waals surface area contributed by atoms with Crippen LogP contribution in [0.2, 0.25) is 0 Å². The van der Waals surface area contributed by atoms with E-state index in [4.69, 9.17) is 0 Å². The summed E-state index contributed by atoms with van der Waals surface area (Å²) in [5.41, 5.74) is 2.14. The Morgan fingerprint density at radius 2 is 1.37 bits per heavy atom. The lowest BCUT2D eigenvalue weighted by atomic mass is 10.0. The number of rotatable bonds is 6. The van der Waals surface area contributed by atoms with Crippen LogP contribution < -0.4 is 9.47 Å². The minimum atomic E-state index is -0.369. The molecule has 0 bridgehead atoms. The average Bonchev–Trinajstić information content (AvgIpc) is 2.74. The molecule has 0 spiro atoms. The highest BCUT2D eigenvalue weighted by Crippen LogP contribution is 2.16. The molecule has 1 aromatic heterocycles. The summed E-state index contributed by atoms with van der Waals surface area (Å²) in [4.78, 5) is 27.2. The van der Waals surface area contributed by atoms with E-state index in [9.17, 15) is 9.59 Å². The summed E-state index contributed by atoms with van der Waals surface area (Å²) in [6, 6.07) is 22.0. The van der Waals surface area contributed by atoms with Gasteiger partial charge in [0.15, 0.2) is 18.2 Å². The number of ketones is 1. The molecule has 1 amide bonds. The van der Waals surface area contributed by atoms with Gasteiger partial charge in [0.25, 0.3) is 5.91 Å². The van der Waals surface area contributed by atoms with Gasteiger partial charge in [-0.25, -0.2) is 0 Å². The Morgan fingerprint density at radius 3 is 1.93 bits per heavy atom. The van der Waals surface area contributed by atoms with E-state index >= 15 is 0 Å². The first-order valence-corrected chi connectivity index (χ1v) is 9.08. The Morgan fingerprint density at radius 1 is 0.852 bits per heavy atom. The number of para-hydroxylation sites is 1. The maximum Gasteiger partial charge on any atom is 0.295 e. The monoisotopic (exact) mass is 359 g/mol. The quantitative estimate of drug-likeness (QED) is 0.496. The van der Waals surface area contributed by atoms with Gasteiger partial charge in [-0.2, -0.15) is 4.57 Å².